The number of hydrogen-bond acceptors (Lipinski definition) is 3. The summed E-state index contributed by atoms with van der Waals surface area (Å²) in [7, 11) is 0. The van der Waals surface area contributed by atoms with E-state index in [4.69, 9.17) is 5.11 Å². The van der Waals surface area contributed by atoms with Crippen molar-refractivity contribution in [3.05, 3.63) is 29.3 Å². The second-order valence-electron chi connectivity index (χ2n) is 4.40. The van der Waals surface area contributed by atoms with Gasteiger partial charge >= 0.3 is 6.18 Å². The molecule has 0 bridgehead atoms. The van der Waals surface area contributed by atoms with E-state index in [0.717, 1.165) is 12.1 Å². The number of hydrogen-bond donors (Lipinski definition) is 1. The van der Waals surface area contributed by atoms with Crippen LogP contribution in [0.5, 0.6) is 0 Å². The van der Waals surface area contributed by atoms with Crippen LogP contribution >= 0.6 is 0 Å². The Labute approximate surface area is 109 Å². The summed E-state index contributed by atoms with van der Waals surface area (Å²) in [6.07, 6.45) is -4.38. The van der Waals surface area contributed by atoms with Gasteiger partial charge < -0.3 is 10.0 Å². The number of carbonyl (C=O) groups excluding carboxylic acids is 1. The SMILES string of the molecule is CC(C)N(CCO)c1ccc(C=O)c(C(F)(F)F)c1. The van der Waals surface area contributed by atoms with Crippen LogP contribution in [0.2, 0.25) is 0 Å². The topological polar surface area (TPSA) is 40.5 Å². The Balaban J connectivity index is 3.27. The molecule has 106 valence electrons. The van der Waals surface area contributed by atoms with Gasteiger partial charge in [-0.1, -0.05) is 0 Å². The molecule has 1 N–H and O–H groups in total. The van der Waals surface area contributed by atoms with Gasteiger partial charge in [0.05, 0.1) is 12.2 Å². The number of carbonyl (C=O) groups is 1. The lowest BCUT2D eigenvalue weighted by Crippen LogP contribution is -2.33. The van der Waals surface area contributed by atoms with E-state index in [1.807, 2.05) is 13.8 Å². The van der Waals surface area contributed by atoms with E-state index in [2.05, 4.69) is 0 Å². The number of nitrogens with zero attached hydrogens (tertiary/aromatic N) is 1. The molecule has 0 aliphatic carbocycles. The van der Waals surface area contributed by atoms with Crippen LogP contribution in [0.25, 0.3) is 0 Å². The molecule has 0 aliphatic heterocycles. The molecule has 1 aromatic carbocycles. The van der Waals surface area contributed by atoms with Crippen molar-refractivity contribution in [2.75, 3.05) is 18.1 Å². The molecular formula is C13H16F3NO2. The fourth-order valence-electron chi connectivity index (χ4n) is 1.86. The normalized spacial score (nSPS) is 11.7. The first-order valence-electron chi connectivity index (χ1n) is 5.85. The second-order valence-corrected chi connectivity index (χ2v) is 4.40. The van der Waals surface area contributed by atoms with Crippen molar-refractivity contribution in [3.8, 4) is 0 Å². The number of anilines is 1. The molecule has 3 nitrogen and oxygen atoms in total. The van der Waals surface area contributed by atoms with Gasteiger partial charge in [-0.15, -0.1) is 0 Å². The van der Waals surface area contributed by atoms with Gasteiger partial charge in [0.15, 0.2) is 6.29 Å². The zero-order valence-corrected chi connectivity index (χ0v) is 10.7. The summed E-state index contributed by atoms with van der Waals surface area (Å²) in [5.41, 5.74) is -1.01. The molecule has 0 saturated heterocycles. The van der Waals surface area contributed by atoms with Gasteiger partial charge in [0.1, 0.15) is 0 Å². The van der Waals surface area contributed by atoms with Crippen LogP contribution in [0.1, 0.15) is 29.8 Å². The smallest absolute Gasteiger partial charge is 0.395 e. The third kappa shape index (κ3) is 3.70. The molecule has 0 aliphatic rings. The van der Waals surface area contributed by atoms with Crippen molar-refractivity contribution in [1.29, 1.82) is 0 Å². The van der Waals surface area contributed by atoms with Crippen LogP contribution < -0.4 is 4.90 Å². The lowest BCUT2D eigenvalue weighted by atomic mass is 10.1. The fraction of sp³-hybridized carbons (Fsp3) is 0.462. The highest BCUT2D eigenvalue weighted by Crippen LogP contribution is 2.34. The number of rotatable bonds is 5. The number of benzene rings is 1. The molecule has 0 aromatic heterocycles. The van der Waals surface area contributed by atoms with Crippen molar-refractivity contribution in [3.63, 3.8) is 0 Å². The molecule has 0 unspecified atom stereocenters. The van der Waals surface area contributed by atoms with Crippen LogP contribution in [0, 0.1) is 0 Å². The first-order chi connectivity index (χ1) is 8.81. The van der Waals surface area contributed by atoms with Gasteiger partial charge in [0.2, 0.25) is 0 Å². The number of aliphatic hydroxyl groups excluding tert-OH is 1. The average Bonchev–Trinajstić information content (AvgIpc) is 2.33. The van der Waals surface area contributed by atoms with Gasteiger partial charge in [-0.2, -0.15) is 13.2 Å². The van der Waals surface area contributed by atoms with Gasteiger partial charge in [-0.25, -0.2) is 0 Å². The van der Waals surface area contributed by atoms with E-state index in [1.54, 1.807) is 4.90 Å². The summed E-state index contributed by atoms with van der Waals surface area (Å²) in [5.74, 6) is 0. The fourth-order valence-corrected chi connectivity index (χ4v) is 1.86. The van der Waals surface area contributed by atoms with Gasteiger partial charge in [-0.3, -0.25) is 4.79 Å². The summed E-state index contributed by atoms with van der Waals surface area (Å²) in [4.78, 5) is 12.3. The van der Waals surface area contributed by atoms with E-state index >= 15 is 0 Å². The number of aldehydes is 1. The molecule has 0 heterocycles. The van der Waals surface area contributed by atoms with E-state index in [0.29, 0.717) is 5.69 Å². The molecule has 1 aromatic rings. The maximum atomic E-state index is 12.8. The third-order valence-electron chi connectivity index (χ3n) is 2.77. The maximum absolute atomic E-state index is 12.8. The Kier molecular flexibility index (Phi) is 4.94. The van der Waals surface area contributed by atoms with E-state index in [1.165, 1.54) is 6.07 Å². The predicted octanol–water partition coefficient (Wildman–Crippen LogP) is 2.73. The molecule has 0 radical (unpaired) electrons. The standard InChI is InChI=1S/C13H16F3NO2/c1-9(2)17(5-6-18)11-4-3-10(8-19)12(7-11)13(14,15)16/h3-4,7-9,18H,5-6H2,1-2H3. The van der Waals surface area contributed by atoms with Crippen LogP contribution in [0.15, 0.2) is 18.2 Å². The maximum Gasteiger partial charge on any atom is 0.417 e. The molecule has 0 saturated carbocycles. The molecular weight excluding hydrogens is 259 g/mol. The highest BCUT2D eigenvalue weighted by Gasteiger charge is 2.34. The van der Waals surface area contributed by atoms with Gasteiger partial charge in [-0.05, 0) is 32.0 Å². The summed E-state index contributed by atoms with van der Waals surface area (Å²) < 4.78 is 38.5. The minimum Gasteiger partial charge on any atom is -0.395 e. The summed E-state index contributed by atoms with van der Waals surface area (Å²) in [6.45, 7) is 3.71. The van der Waals surface area contributed by atoms with Crippen molar-refractivity contribution < 1.29 is 23.1 Å². The van der Waals surface area contributed by atoms with Gasteiger partial charge in [0.25, 0.3) is 0 Å². The zero-order chi connectivity index (χ0) is 14.6. The molecule has 1 rings (SSSR count). The summed E-state index contributed by atoms with van der Waals surface area (Å²) in [6, 6.07) is 3.49. The quantitative estimate of drug-likeness (QED) is 0.840. The number of aliphatic hydroxyl groups is 1. The Morgan fingerprint density at radius 2 is 2.00 bits per heavy atom. The van der Waals surface area contributed by atoms with Crippen molar-refractivity contribution in [1.82, 2.24) is 0 Å². The predicted molar refractivity (Wildman–Crippen MR) is 66.4 cm³/mol. The van der Waals surface area contributed by atoms with E-state index in [-0.39, 0.29) is 31.0 Å². The molecule has 0 atom stereocenters. The first kappa shape index (κ1) is 15.5. The Morgan fingerprint density at radius 1 is 1.37 bits per heavy atom. The van der Waals surface area contributed by atoms with Crippen molar-refractivity contribution in [2.24, 2.45) is 0 Å². The van der Waals surface area contributed by atoms with Crippen LogP contribution in [0.3, 0.4) is 0 Å². The average molecular weight is 275 g/mol. The molecule has 6 heteroatoms. The highest BCUT2D eigenvalue weighted by atomic mass is 19.4. The van der Waals surface area contributed by atoms with Crippen LogP contribution in [-0.2, 0) is 6.18 Å². The highest BCUT2D eigenvalue weighted by molar-refractivity contribution is 5.79. The molecule has 19 heavy (non-hydrogen) atoms. The lowest BCUT2D eigenvalue weighted by Gasteiger charge is -2.29. The molecule has 0 spiro atoms. The lowest BCUT2D eigenvalue weighted by molar-refractivity contribution is -0.137. The minimum atomic E-state index is -4.58. The largest absolute Gasteiger partial charge is 0.417 e. The summed E-state index contributed by atoms with van der Waals surface area (Å²) >= 11 is 0. The Morgan fingerprint density at radius 3 is 2.42 bits per heavy atom. The third-order valence-corrected chi connectivity index (χ3v) is 2.77. The van der Waals surface area contributed by atoms with E-state index in [9.17, 15) is 18.0 Å². The van der Waals surface area contributed by atoms with Gasteiger partial charge in [0, 0.05) is 23.8 Å². The molecule has 0 fully saturated rings. The zero-order valence-electron chi connectivity index (χ0n) is 10.7. The Bertz CT molecular complexity index is 444. The second kappa shape index (κ2) is 6.06. The summed E-state index contributed by atoms with van der Waals surface area (Å²) in [5, 5.41) is 8.96. The number of alkyl halides is 3. The first-order valence-corrected chi connectivity index (χ1v) is 5.85. The van der Waals surface area contributed by atoms with Crippen LogP contribution in [-0.4, -0.2) is 30.6 Å². The molecule has 0 amide bonds. The Hall–Kier alpha value is -1.56. The van der Waals surface area contributed by atoms with Crippen molar-refractivity contribution in [2.45, 2.75) is 26.1 Å². The van der Waals surface area contributed by atoms with Crippen molar-refractivity contribution >= 4 is 12.0 Å². The monoisotopic (exact) mass is 275 g/mol. The number of halogens is 3. The minimum absolute atomic E-state index is 0.0599. The van der Waals surface area contributed by atoms with Crippen LogP contribution in [0.4, 0.5) is 18.9 Å². The van der Waals surface area contributed by atoms with E-state index < -0.39 is 11.7 Å².